The Kier molecular flexibility index (Phi) is 7.56. The van der Waals surface area contributed by atoms with Crippen molar-refractivity contribution >= 4 is 15.7 Å². The molecule has 0 aliphatic rings. The Hall–Kier alpha value is -2.18. The molecule has 0 unspecified atom stereocenters. The Bertz CT molecular complexity index is 849. The van der Waals surface area contributed by atoms with E-state index in [4.69, 9.17) is 0 Å². The van der Waals surface area contributed by atoms with E-state index in [0.29, 0.717) is 6.54 Å². The van der Waals surface area contributed by atoms with Gasteiger partial charge in [0.15, 0.2) is 9.84 Å². The van der Waals surface area contributed by atoms with Crippen LogP contribution in [0.4, 0.5) is 0 Å². The van der Waals surface area contributed by atoms with Crippen molar-refractivity contribution in [2.45, 2.75) is 37.0 Å². The summed E-state index contributed by atoms with van der Waals surface area (Å²) >= 11 is 0. The number of rotatable bonds is 9. The van der Waals surface area contributed by atoms with Gasteiger partial charge in [0.2, 0.25) is 0 Å². The van der Waals surface area contributed by atoms with Gasteiger partial charge < -0.3 is 10.2 Å². The summed E-state index contributed by atoms with van der Waals surface area (Å²) in [4.78, 5) is 14.8. The lowest BCUT2D eigenvalue weighted by molar-refractivity contribution is 0.0948. The molecule has 27 heavy (non-hydrogen) atoms. The van der Waals surface area contributed by atoms with Gasteiger partial charge in [0, 0.05) is 13.1 Å². The van der Waals surface area contributed by atoms with Gasteiger partial charge in [0.05, 0.1) is 15.7 Å². The van der Waals surface area contributed by atoms with Crippen LogP contribution in [0.1, 0.15) is 36.2 Å². The highest BCUT2D eigenvalue weighted by Crippen LogP contribution is 2.20. The lowest BCUT2D eigenvalue weighted by Crippen LogP contribution is -2.29. The molecule has 2 aromatic carbocycles. The van der Waals surface area contributed by atoms with Crippen molar-refractivity contribution < 1.29 is 13.2 Å². The van der Waals surface area contributed by atoms with Crippen LogP contribution in [0, 0.1) is 0 Å². The van der Waals surface area contributed by atoms with Crippen molar-refractivity contribution in [2.75, 3.05) is 20.1 Å². The smallest absolute Gasteiger partial charge is 0.252 e. The molecule has 0 atom stereocenters. The number of hydrogen-bond acceptors (Lipinski definition) is 4. The van der Waals surface area contributed by atoms with Gasteiger partial charge in [-0.05, 0) is 51.6 Å². The molecular formula is C21H28N2O3S. The number of amides is 1. The number of carbonyl (C=O) groups excluding carboxylic acids is 1. The fraction of sp³-hybridized carbons (Fsp3) is 0.381. The average Bonchev–Trinajstić information content (AvgIpc) is 2.65. The third kappa shape index (κ3) is 5.91. The molecule has 2 aromatic rings. The van der Waals surface area contributed by atoms with Crippen LogP contribution in [0.5, 0.6) is 0 Å². The summed E-state index contributed by atoms with van der Waals surface area (Å²) in [6.07, 6.45) is 0.786. The Balaban J connectivity index is 1.88. The zero-order chi connectivity index (χ0) is 19.9. The lowest BCUT2D eigenvalue weighted by Gasteiger charge is -2.17. The summed E-state index contributed by atoms with van der Waals surface area (Å²) in [7, 11) is -1.46. The third-order valence-electron chi connectivity index (χ3n) is 4.36. The van der Waals surface area contributed by atoms with Crippen LogP contribution in [0.2, 0.25) is 0 Å². The first-order valence-electron chi connectivity index (χ1n) is 9.16. The van der Waals surface area contributed by atoms with Crippen molar-refractivity contribution in [1.82, 2.24) is 10.2 Å². The fourth-order valence-corrected chi connectivity index (χ4v) is 4.02. The first kappa shape index (κ1) is 21.1. The van der Waals surface area contributed by atoms with Crippen molar-refractivity contribution in [3.63, 3.8) is 0 Å². The maximum absolute atomic E-state index is 12.5. The highest BCUT2D eigenvalue weighted by molar-refractivity contribution is 7.92. The number of sulfone groups is 1. The van der Waals surface area contributed by atoms with Gasteiger partial charge in [0.25, 0.3) is 5.91 Å². The molecule has 0 heterocycles. The molecule has 0 aromatic heterocycles. The molecule has 146 valence electrons. The van der Waals surface area contributed by atoms with Crippen LogP contribution in [0.15, 0.2) is 59.5 Å². The van der Waals surface area contributed by atoms with E-state index < -0.39 is 15.1 Å². The third-order valence-corrected chi connectivity index (χ3v) is 6.57. The first-order valence-corrected chi connectivity index (χ1v) is 10.7. The Morgan fingerprint density at radius 3 is 2.33 bits per heavy atom. The van der Waals surface area contributed by atoms with Gasteiger partial charge in [0.1, 0.15) is 0 Å². The molecule has 0 saturated carbocycles. The maximum Gasteiger partial charge on any atom is 0.252 e. The zero-order valence-electron chi connectivity index (χ0n) is 16.2. The van der Waals surface area contributed by atoms with Gasteiger partial charge >= 0.3 is 0 Å². The van der Waals surface area contributed by atoms with E-state index in [9.17, 15) is 13.2 Å². The molecule has 0 bridgehead atoms. The summed E-state index contributed by atoms with van der Waals surface area (Å²) in [5.74, 6) is -0.347. The molecule has 0 fully saturated rings. The Labute approximate surface area is 162 Å². The number of nitrogens with one attached hydrogen (secondary N) is 1. The van der Waals surface area contributed by atoms with E-state index >= 15 is 0 Å². The van der Waals surface area contributed by atoms with E-state index in [1.54, 1.807) is 32.0 Å². The van der Waals surface area contributed by atoms with E-state index in [1.165, 1.54) is 11.6 Å². The predicted octanol–water partition coefficient (Wildman–Crippen LogP) is 3.12. The number of benzene rings is 2. The fourth-order valence-electron chi connectivity index (χ4n) is 2.78. The Morgan fingerprint density at radius 2 is 1.67 bits per heavy atom. The van der Waals surface area contributed by atoms with Crippen LogP contribution in [0.25, 0.3) is 0 Å². The second-order valence-corrected chi connectivity index (χ2v) is 9.40. The van der Waals surface area contributed by atoms with Gasteiger partial charge in [-0.2, -0.15) is 0 Å². The van der Waals surface area contributed by atoms with E-state index in [1.807, 2.05) is 25.2 Å². The van der Waals surface area contributed by atoms with E-state index in [2.05, 4.69) is 22.3 Å². The van der Waals surface area contributed by atoms with Gasteiger partial charge in [-0.25, -0.2) is 8.42 Å². The van der Waals surface area contributed by atoms with Crippen LogP contribution in [0.3, 0.4) is 0 Å². The van der Waals surface area contributed by atoms with Crippen molar-refractivity contribution in [3.05, 3.63) is 65.7 Å². The van der Waals surface area contributed by atoms with Crippen molar-refractivity contribution in [2.24, 2.45) is 0 Å². The Morgan fingerprint density at radius 1 is 1.04 bits per heavy atom. The summed E-state index contributed by atoms with van der Waals surface area (Å²) in [6.45, 7) is 5.42. The molecule has 1 N–H and O–H groups in total. The summed E-state index contributed by atoms with van der Waals surface area (Å²) in [5.41, 5.74) is 1.46. The summed E-state index contributed by atoms with van der Waals surface area (Å²) in [5, 5.41) is 2.27. The molecule has 1 amide bonds. The highest BCUT2D eigenvalue weighted by atomic mass is 32.2. The molecule has 0 radical (unpaired) electrons. The van der Waals surface area contributed by atoms with Gasteiger partial charge in [-0.3, -0.25) is 4.79 Å². The highest BCUT2D eigenvalue weighted by Gasteiger charge is 2.24. The normalized spacial score (nSPS) is 11.7. The first-order chi connectivity index (χ1) is 12.8. The minimum Gasteiger partial charge on any atom is -0.352 e. The predicted molar refractivity (Wildman–Crippen MR) is 108 cm³/mol. The molecule has 0 saturated heterocycles. The summed E-state index contributed by atoms with van der Waals surface area (Å²) < 4.78 is 24.9. The standard InChI is InChI=1S/C21H28N2O3S/c1-17(2)27(25,26)20-13-8-7-12-19(20)21(24)22-14-9-15-23(3)16-18-10-5-4-6-11-18/h4-8,10-13,17H,9,14-16H2,1-3H3,(H,22,24). The molecule has 5 nitrogen and oxygen atoms in total. The molecular weight excluding hydrogens is 360 g/mol. The quantitative estimate of drug-likeness (QED) is 0.670. The molecule has 6 heteroatoms. The van der Waals surface area contributed by atoms with Crippen LogP contribution in [-0.4, -0.2) is 44.6 Å². The zero-order valence-corrected chi connectivity index (χ0v) is 17.0. The van der Waals surface area contributed by atoms with Gasteiger partial charge in [-0.15, -0.1) is 0 Å². The van der Waals surface area contributed by atoms with Gasteiger partial charge in [-0.1, -0.05) is 42.5 Å². The molecule has 0 spiro atoms. The van der Waals surface area contributed by atoms with Crippen LogP contribution < -0.4 is 5.32 Å². The monoisotopic (exact) mass is 388 g/mol. The minimum atomic E-state index is -3.50. The van der Waals surface area contributed by atoms with Crippen LogP contribution in [-0.2, 0) is 16.4 Å². The number of nitrogens with zero attached hydrogens (tertiary/aromatic N) is 1. The SMILES string of the molecule is CC(C)S(=O)(=O)c1ccccc1C(=O)NCCCN(C)Cc1ccccc1. The van der Waals surface area contributed by atoms with E-state index in [-0.39, 0.29) is 16.4 Å². The van der Waals surface area contributed by atoms with Crippen LogP contribution >= 0.6 is 0 Å². The second kappa shape index (κ2) is 9.67. The largest absolute Gasteiger partial charge is 0.352 e. The molecule has 0 aliphatic heterocycles. The number of carbonyl (C=O) groups is 1. The molecule has 0 aliphatic carbocycles. The van der Waals surface area contributed by atoms with E-state index in [0.717, 1.165) is 19.5 Å². The average molecular weight is 389 g/mol. The maximum atomic E-state index is 12.5. The summed E-state index contributed by atoms with van der Waals surface area (Å²) in [6, 6.07) is 16.6. The minimum absolute atomic E-state index is 0.0960. The van der Waals surface area contributed by atoms with Crippen molar-refractivity contribution in [1.29, 1.82) is 0 Å². The van der Waals surface area contributed by atoms with Crippen molar-refractivity contribution in [3.8, 4) is 0 Å². The second-order valence-electron chi connectivity index (χ2n) is 6.92. The molecule has 2 rings (SSSR count). The number of hydrogen-bond donors (Lipinski definition) is 1. The lowest BCUT2D eigenvalue weighted by atomic mass is 10.2. The topological polar surface area (TPSA) is 66.5 Å².